The minimum absolute atomic E-state index is 0.0227. The number of nitriles is 1. The van der Waals surface area contributed by atoms with Crippen LogP contribution in [0.15, 0.2) is 0 Å². The summed E-state index contributed by atoms with van der Waals surface area (Å²) in [4.78, 5) is 0. The molecule has 0 amide bonds. The molecule has 0 aromatic rings. The summed E-state index contributed by atoms with van der Waals surface area (Å²) in [6.07, 6.45) is 2.09. The maximum absolute atomic E-state index is 8.90. The minimum atomic E-state index is -0.0227. The number of rotatable bonds is 4. The second kappa shape index (κ2) is 3.21. The summed E-state index contributed by atoms with van der Waals surface area (Å²) in [6.45, 7) is 2.77. The number of hydrogen-bond acceptors (Lipinski definition) is 3. The summed E-state index contributed by atoms with van der Waals surface area (Å²) in [6, 6.07) is 2.15. The van der Waals surface area contributed by atoms with Crippen molar-refractivity contribution in [3.05, 3.63) is 0 Å². The molecule has 62 valence electrons. The van der Waals surface area contributed by atoms with Crippen LogP contribution in [0.3, 0.4) is 0 Å². The Morgan fingerprint density at radius 2 is 2.36 bits per heavy atom. The lowest BCUT2D eigenvalue weighted by Crippen LogP contribution is -2.37. The van der Waals surface area contributed by atoms with Gasteiger partial charge in [-0.25, -0.2) is 0 Å². The first-order valence-corrected chi connectivity index (χ1v) is 3.98. The van der Waals surface area contributed by atoms with Gasteiger partial charge in [0.1, 0.15) is 0 Å². The Bertz CT molecular complexity index is 169. The number of nitrogens with zero attached hydrogens (tertiary/aromatic N) is 1. The maximum atomic E-state index is 8.90. The third-order valence-electron chi connectivity index (χ3n) is 2.16. The summed E-state index contributed by atoms with van der Waals surface area (Å²) >= 11 is 0. The van der Waals surface area contributed by atoms with E-state index < -0.39 is 0 Å². The fourth-order valence-electron chi connectivity index (χ4n) is 0.957. The van der Waals surface area contributed by atoms with Crippen LogP contribution in [0.2, 0.25) is 0 Å². The molecule has 0 aliphatic heterocycles. The van der Waals surface area contributed by atoms with Gasteiger partial charge in [-0.2, -0.15) is 5.26 Å². The van der Waals surface area contributed by atoms with Crippen LogP contribution < -0.4 is 5.32 Å². The highest BCUT2D eigenvalue weighted by Gasteiger charge is 2.41. The fourth-order valence-corrected chi connectivity index (χ4v) is 0.957. The SMILES string of the molecule is CC(C#N)CNC1(CO)CC1. The standard InChI is InChI=1S/C8H14N2O/c1-7(4-9)5-10-8(6-11)2-3-8/h7,10-11H,2-3,5-6H2,1H3. The quantitative estimate of drug-likeness (QED) is 0.610. The smallest absolute Gasteiger partial charge is 0.0666 e. The van der Waals surface area contributed by atoms with E-state index in [1.807, 2.05) is 6.92 Å². The summed E-state index contributed by atoms with van der Waals surface area (Å²) in [5, 5.41) is 20.6. The minimum Gasteiger partial charge on any atom is -0.394 e. The van der Waals surface area contributed by atoms with Crippen LogP contribution in [0.25, 0.3) is 0 Å². The van der Waals surface area contributed by atoms with E-state index in [2.05, 4.69) is 11.4 Å². The Kier molecular flexibility index (Phi) is 2.48. The molecule has 11 heavy (non-hydrogen) atoms. The largest absolute Gasteiger partial charge is 0.394 e. The summed E-state index contributed by atoms with van der Waals surface area (Å²) in [5.41, 5.74) is -0.0227. The lowest BCUT2D eigenvalue weighted by molar-refractivity contribution is 0.228. The molecule has 1 saturated carbocycles. The van der Waals surface area contributed by atoms with E-state index in [4.69, 9.17) is 10.4 Å². The number of aliphatic hydroxyl groups excluding tert-OH is 1. The third-order valence-corrected chi connectivity index (χ3v) is 2.16. The highest BCUT2D eigenvalue weighted by molar-refractivity contribution is 5.02. The van der Waals surface area contributed by atoms with Crippen LogP contribution in [-0.2, 0) is 0 Å². The molecule has 1 aliphatic rings. The monoisotopic (exact) mass is 154 g/mol. The highest BCUT2D eigenvalue weighted by atomic mass is 16.3. The van der Waals surface area contributed by atoms with Gasteiger partial charge in [0.25, 0.3) is 0 Å². The average Bonchev–Trinajstić information content (AvgIpc) is 2.81. The van der Waals surface area contributed by atoms with E-state index in [1.54, 1.807) is 0 Å². The molecule has 1 aliphatic carbocycles. The molecular formula is C8H14N2O. The molecule has 0 bridgehead atoms. The van der Waals surface area contributed by atoms with Crippen molar-refractivity contribution >= 4 is 0 Å². The molecule has 0 heterocycles. The number of hydrogen-bond donors (Lipinski definition) is 2. The fraction of sp³-hybridized carbons (Fsp3) is 0.875. The Morgan fingerprint density at radius 1 is 1.73 bits per heavy atom. The molecule has 1 fully saturated rings. The molecule has 3 nitrogen and oxygen atoms in total. The second-order valence-electron chi connectivity index (χ2n) is 3.35. The van der Waals surface area contributed by atoms with Gasteiger partial charge in [0.2, 0.25) is 0 Å². The normalized spacial score (nSPS) is 22.3. The summed E-state index contributed by atoms with van der Waals surface area (Å²) < 4.78 is 0. The van der Waals surface area contributed by atoms with Gasteiger partial charge < -0.3 is 10.4 Å². The van der Waals surface area contributed by atoms with Gasteiger partial charge in [-0.15, -0.1) is 0 Å². The van der Waals surface area contributed by atoms with E-state index >= 15 is 0 Å². The molecule has 0 aromatic carbocycles. The first-order chi connectivity index (χ1) is 5.22. The zero-order valence-corrected chi connectivity index (χ0v) is 6.80. The van der Waals surface area contributed by atoms with Crippen molar-refractivity contribution in [1.82, 2.24) is 5.32 Å². The molecule has 0 aromatic heterocycles. The van der Waals surface area contributed by atoms with Crippen LogP contribution in [0.4, 0.5) is 0 Å². The average molecular weight is 154 g/mol. The molecule has 0 radical (unpaired) electrons. The molecule has 1 atom stereocenters. The van der Waals surface area contributed by atoms with Gasteiger partial charge >= 0.3 is 0 Å². The van der Waals surface area contributed by atoms with Gasteiger partial charge in [-0.1, -0.05) is 0 Å². The molecular weight excluding hydrogens is 140 g/mol. The van der Waals surface area contributed by atoms with E-state index in [-0.39, 0.29) is 18.1 Å². The highest BCUT2D eigenvalue weighted by Crippen LogP contribution is 2.34. The van der Waals surface area contributed by atoms with Crippen molar-refractivity contribution in [2.24, 2.45) is 5.92 Å². The number of nitrogens with one attached hydrogen (secondary N) is 1. The topological polar surface area (TPSA) is 56.0 Å². The van der Waals surface area contributed by atoms with Crippen molar-refractivity contribution in [2.75, 3.05) is 13.2 Å². The van der Waals surface area contributed by atoms with Gasteiger partial charge in [0, 0.05) is 12.1 Å². The Balaban J connectivity index is 2.18. The summed E-state index contributed by atoms with van der Waals surface area (Å²) in [7, 11) is 0. The molecule has 1 unspecified atom stereocenters. The van der Waals surface area contributed by atoms with Gasteiger partial charge in [-0.05, 0) is 19.8 Å². The van der Waals surface area contributed by atoms with E-state index in [0.29, 0.717) is 6.54 Å². The molecule has 3 heteroatoms. The van der Waals surface area contributed by atoms with Crippen molar-refractivity contribution in [1.29, 1.82) is 5.26 Å². The first-order valence-electron chi connectivity index (χ1n) is 3.98. The van der Waals surface area contributed by atoms with E-state index in [0.717, 1.165) is 12.8 Å². The van der Waals surface area contributed by atoms with Crippen molar-refractivity contribution in [3.8, 4) is 6.07 Å². The molecule has 1 rings (SSSR count). The lowest BCUT2D eigenvalue weighted by atomic mass is 10.2. The van der Waals surface area contributed by atoms with E-state index in [9.17, 15) is 0 Å². The molecule has 0 spiro atoms. The zero-order valence-electron chi connectivity index (χ0n) is 6.80. The predicted molar refractivity (Wildman–Crippen MR) is 41.8 cm³/mol. The Hall–Kier alpha value is -0.590. The number of aliphatic hydroxyl groups is 1. The lowest BCUT2D eigenvalue weighted by Gasteiger charge is -2.14. The van der Waals surface area contributed by atoms with Crippen molar-refractivity contribution < 1.29 is 5.11 Å². The van der Waals surface area contributed by atoms with Gasteiger partial charge in [0.05, 0.1) is 18.6 Å². The predicted octanol–water partition coefficient (Wildman–Crippen LogP) is 0.261. The van der Waals surface area contributed by atoms with Gasteiger partial charge in [-0.3, -0.25) is 0 Å². The van der Waals surface area contributed by atoms with Crippen LogP contribution in [0.1, 0.15) is 19.8 Å². The Labute approximate surface area is 67.0 Å². The molecule has 0 saturated heterocycles. The van der Waals surface area contributed by atoms with Crippen molar-refractivity contribution in [3.63, 3.8) is 0 Å². The maximum Gasteiger partial charge on any atom is 0.0666 e. The van der Waals surface area contributed by atoms with Crippen LogP contribution in [0.5, 0.6) is 0 Å². The van der Waals surface area contributed by atoms with E-state index in [1.165, 1.54) is 0 Å². The molecule has 2 N–H and O–H groups in total. The summed E-state index contributed by atoms with van der Waals surface area (Å²) in [5.74, 6) is 0.0408. The zero-order chi connectivity index (χ0) is 8.32. The van der Waals surface area contributed by atoms with Crippen LogP contribution >= 0.6 is 0 Å². The van der Waals surface area contributed by atoms with Gasteiger partial charge in [0.15, 0.2) is 0 Å². The van der Waals surface area contributed by atoms with Crippen LogP contribution in [-0.4, -0.2) is 23.8 Å². The third kappa shape index (κ3) is 2.18. The van der Waals surface area contributed by atoms with Crippen LogP contribution in [0, 0.1) is 17.2 Å². The first kappa shape index (κ1) is 8.51. The Morgan fingerprint density at radius 3 is 2.73 bits per heavy atom. The second-order valence-corrected chi connectivity index (χ2v) is 3.35. The van der Waals surface area contributed by atoms with Crippen molar-refractivity contribution in [2.45, 2.75) is 25.3 Å².